The monoisotopic (exact) mass is 416 g/mol. The third-order valence-electron chi connectivity index (χ3n) is 4.02. The van der Waals surface area contributed by atoms with E-state index in [0.717, 1.165) is 16.9 Å². The standard InChI is InChI=1S/C21H24N2O5S/c1-15(22-19(24)9-6-16-4-7-18(27-3)8-5-16)21(26)28-13-20(25)23(2)12-17-10-11-29-14-17/h4-11,14-15H,12-13H2,1-3H3,(H,22,24)/b9-6+/t15-/m0/s1. The van der Waals surface area contributed by atoms with Gasteiger partial charge in [0.1, 0.15) is 11.8 Å². The highest BCUT2D eigenvalue weighted by Crippen LogP contribution is 2.12. The molecule has 0 aliphatic heterocycles. The lowest BCUT2D eigenvalue weighted by Gasteiger charge is -2.17. The molecule has 1 aromatic heterocycles. The van der Waals surface area contributed by atoms with Gasteiger partial charge in [0.25, 0.3) is 5.91 Å². The fourth-order valence-electron chi connectivity index (χ4n) is 2.32. The molecule has 8 heteroatoms. The van der Waals surface area contributed by atoms with E-state index in [1.165, 1.54) is 17.9 Å². The topological polar surface area (TPSA) is 84.9 Å². The molecule has 2 rings (SSSR count). The number of esters is 1. The molecule has 2 amide bonds. The minimum absolute atomic E-state index is 0.317. The molecule has 1 N–H and O–H groups in total. The average molecular weight is 416 g/mol. The van der Waals surface area contributed by atoms with Crippen molar-refractivity contribution in [1.82, 2.24) is 10.2 Å². The Hall–Kier alpha value is -3.13. The number of benzene rings is 1. The van der Waals surface area contributed by atoms with Gasteiger partial charge in [-0.05, 0) is 53.1 Å². The Morgan fingerprint density at radius 2 is 1.93 bits per heavy atom. The van der Waals surface area contributed by atoms with Crippen molar-refractivity contribution in [3.63, 3.8) is 0 Å². The summed E-state index contributed by atoms with van der Waals surface area (Å²) in [5.41, 5.74) is 1.83. The molecule has 0 saturated heterocycles. The minimum Gasteiger partial charge on any atom is -0.497 e. The second kappa shape index (κ2) is 11.0. The molecule has 7 nitrogen and oxygen atoms in total. The number of rotatable bonds is 9. The van der Waals surface area contributed by atoms with E-state index in [0.29, 0.717) is 6.54 Å². The zero-order valence-electron chi connectivity index (χ0n) is 16.6. The van der Waals surface area contributed by atoms with Gasteiger partial charge in [-0.25, -0.2) is 4.79 Å². The normalized spacial score (nSPS) is 11.7. The summed E-state index contributed by atoms with van der Waals surface area (Å²) in [6, 6.07) is 8.22. The number of ether oxygens (including phenoxy) is 2. The molecule has 0 saturated carbocycles. The van der Waals surface area contributed by atoms with Crippen LogP contribution in [0.2, 0.25) is 0 Å². The lowest BCUT2D eigenvalue weighted by Crippen LogP contribution is -2.40. The van der Waals surface area contributed by atoms with Crippen molar-refractivity contribution in [1.29, 1.82) is 0 Å². The van der Waals surface area contributed by atoms with Crippen LogP contribution in [0, 0.1) is 0 Å². The number of amides is 2. The first-order chi connectivity index (χ1) is 13.9. The Bertz CT molecular complexity index is 846. The van der Waals surface area contributed by atoms with Crippen LogP contribution in [0.4, 0.5) is 0 Å². The largest absolute Gasteiger partial charge is 0.497 e. The number of methoxy groups -OCH3 is 1. The SMILES string of the molecule is COc1ccc(/C=C/C(=O)N[C@@H](C)C(=O)OCC(=O)N(C)Cc2ccsc2)cc1. The summed E-state index contributed by atoms with van der Waals surface area (Å²) < 4.78 is 10.1. The van der Waals surface area contributed by atoms with E-state index in [9.17, 15) is 14.4 Å². The second-order valence-electron chi connectivity index (χ2n) is 6.33. The summed E-state index contributed by atoms with van der Waals surface area (Å²) in [7, 11) is 3.22. The van der Waals surface area contributed by atoms with Gasteiger partial charge in [-0.3, -0.25) is 9.59 Å². The summed E-state index contributed by atoms with van der Waals surface area (Å²) in [6.07, 6.45) is 2.95. The van der Waals surface area contributed by atoms with Crippen LogP contribution < -0.4 is 10.1 Å². The number of carbonyl (C=O) groups excluding carboxylic acids is 3. The van der Waals surface area contributed by atoms with Gasteiger partial charge in [0, 0.05) is 19.7 Å². The Morgan fingerprint density at radius 3 is 2.55 bits per heavy atom. The number of carbonyl (C=O) groups is 3. The predicted octanol–water partition coefficient (Wildman–Crippen LogP) is 2.48. The van der Waals surface area contributed by atoms with Crippen LogP contribution in [0.5, 0.6) is 5.75 Å². The van der Waals surface area contributed by atoms with Crippen molar-refractivity contribution in [2.24, 2.45) is 0 Å². The molecule has 0 bridgehead atoms. The maximum absolute atomic E-state index is 12.1. The number of thiophene rings is 1. The van der Waals surface area contributed by atoms with Crippen molar-refractivity contribution in [2.75, 3.05) is 20.8 Å². The summed E-state index contributed by atoms with van der Waals surface area (Å²) in [6.45, 7) is 1.57. The van der Waals surface area contributed by atoms with E-state index in [4.69, 9.17) is 9.47 Å². The molecule has 0 aliphatic carbocycles. The van der Waals surface area contributed by atoms with Crippen LogP contribution in [0.25, 0.3) is 6.08 Å². The highest BCUT2D eigenvalue weighted by molar-refractivity contribution is 7.07. The molecule has 1 atom stereocenters. The number of hydrogen-bond donors (Lipinski definition) is 1. The van der Waals surface area contributed by atoms with Gasteiger partial charge in [-0.15, -0.1) is 0 Å². The van der Waals surface area contributed by atoms with Crippen molar-refractivity contribution in [2.45, 2.75) is 19.5 Å². The van der Waals surface area contributed by atoms with Crippen LogP contribution in [-0.2, 0) is 25.7 Å². The van der Waals surface area contributed by atoms with Crippen LogP contribution in [0.1, 0.15) is 18.1 Å². The lowest BCUT2D eigenvalue weighted by atomic mass is 10.2. The zero-order chi connectivity index (χ0) is 21.2. The Labute approximate surface area is 173 Å². The molecule has 1 aromatic carbocycles. The highest BCUT2D eigenvalue weighted by atomic mass is 32.1. The molecule has 154 valence electrons. The molecular formula is C21H24N2O5S. The Kier molecular flexibility index (Phi) is 8.42. The van der Waals surface area contributed by atoms with E-state index in [1.54, 1.807) is 55.8 Å². The smallest absolute Gasteiger partial charge is 0.328 e. The fourth-order valence-corrected chi connectivity index (χ4v) is 2.98. The van der Waals surface area contributed by atoms with Gasteiger partial charge < -0.3 is 19.7 Å². The summed E-state index contributed by atoms with van der Waals surface area (Å²) in [5.74, 6) is -0.708. The van der Waals surface area contributed by atoms with Gasteiger partial charge in [0.15, 0.2) is 6.61 Å². The number of likely N-dealkylation sites (N-methyl/N-ethyl adjacent to an activating group) is 1. The van der Waals surface area contributed by atoms with Crippen molar-refractivity contribution >= 4 is 35.2 Å². The van der Waals surface area contributed by atoms with Gasteiger partial charge in [-0.2, -0.15) is 11.3 Å². The van der Waals surface area contributed by atoms with Gasteiger partial charge in [0.2, 0.25) is 5.91 Å². The molecule has 2 aromatic rings. The quantitative estimate of drug-likeness (QED) is 0.501. The van der Waals surface area contributed by atoms with E-state index >= 15 is 0 Å². The lowest BCUT2D eigenvalue weighted by molar-refractivity contribution is -0.153. The first-order valence-electron chi connectivity index (χ1n) is 8.93. The maximum atomic E-state index is 12.1. The zero-order valence-corrected chi connectivity index (χ0v) is 17.4. The molecule has 0 spiro atoms. The fraction of sp³-hybridized carbons (Fsp3) is 0.286. The minimum atomic E-state index is -0.877. The summed E-state index contributed by atoms with van der Waals surface area (Å²) in [5, 5.41) is 6.40. The third-order valence-corrected chi connectivity index (χ3v) is 4.75. The predicted molar refractivity (Wildman–Crippen MR) is 111 cm³/mol. The van der Waals surface area contributed by atoms with Crippen molar-refractivity contribution in [3.05, 3.63) is 58.3 Å². The number of nitrogens with zero attached hydrogens (tertiary/aromatic N) is 1. The first-order valence-corrected chi connectivity index (χ1v) is 9.87. The van der Waals surface area contributed by atoms with E-state index in [-0.39, 0.29) is 12.5 Å². The van der Waals surface area contributed by atoms with Gasteiger partial charge in [-0.1, -0.05) is 12.1 Å². The van der Waals surface area contributed by atoms with Crippen molar-refractivity contribution < 1.29 is 23.9 Å². The van der Waals surface area contributed by atoms with Crippen molar-refractivity contribution in [3.8, 4) is 5.75 Å². The van der Waals surface area contributed by atoms with Crippen LogP contribution in [0.3, 0.4) is 0 Å². The van der Waals surface area contributed by atoms with Gasteiger partial charge in [0.05, 0.1) is 7.11 Å². The third kappa shape index (κ3) is 7.42. The molecule has 0 fully saturated rings. The van der Waals surface area contributed by atoms with E-state index in [1.807, 2.05) is 16.8 Å². The van der Waals surface area contributed by atoms with Gasteiger partial charge >= 0.3 is 5.97 Å². The van der Waals surface area contributed by atoms with Crippen LogP contribution in [-0.4, -0.2) is 49.5 Å². The Balaban J connectivity index is 1.74. The molecular weight excluding hydrogens is 392 g/mol. The molecule has 0 radical (unpaired) electrons. The number of hydrogen-bond acceptors (Lipinski definition) is 6. The van der Waals surface area contributed by atoms with E-state index < -0.39 is 17.9 Å². The molecule has 1 heterocycles. The van der Waals surface area contributed by atoms with Crippen LogP contribution in [0.15, 0.2) is 47.2 Å². The maximum Gasteiger partial charge on any atom is 0.328 e. The molecule has 0 unspecified atom stereocenters. The second-order valence-corrected chi connectivity index (χ2v) is 7.11. The first kappa shape index (κ1) is 22.2. The highest BCUT2D eigenvalue weighted by Gasteiger charge is 2.18. The average Bonchev–Trinajstić information content (AvgIpc) is 3.23. The summed E-state index contributed by atoms with van der Waals surface area (Å²) >= 11 is 1.55. The Morgan fingerprint density at radius 1 is 1.21 bits per heavy atom. The van der Waals surface area contributed by atoms with Crippen LogP contribution >= 0.6 is 11.3 Å². The molecule has 29 heavy (non-hydrogen) atoms. The summed E-state index contributed by atoms with van der Waals surface area (Å²) in [4.78, 5) is 37.5. The number of nitrogens with one attached hydrogen (secondary N) is 1. The molecule has 0 aliphatic rings. The van der Waals surface area contributed by atoms with E-state index in [2.05, 4.69) is 5.32 Å².